The van der Waals surface area contributed by atoms with Crippen LogP contribution in [0.3, 0.4) is 0 Å². The molecule has 4 unspecified atom stereocenters. The van der Waals surface area contributed by atoms with E-state index in [1.165, 1.54) is 48.5 Å². The third-order valence-corrected chi connectivity index (χ3v) is 5.86. The van der Waals surface area contributed by atoms with Crippen LogP contribution in [0.25, 0.3) is 0 Å². The number of ether oxygens (including phenoxy) is 1. The van der Waals surface area contributed by atoms with Gasteiger partial charge in [0.05, 0.1) is 31.1 Å². The summed E-state index contributed by atoms with van der Waals surface area (Å²) in [4.78, 5) is 60.2. The molecule has 1 aliphatic rings. The molecule has 202 valence electrons. The van der Waals surface area contributed by atoms with Crippen LogP contribution in [0, 0.1) is 0 Å². The molecule has 1 aliphatic heterocycles. The molecule has 3 amide bonds. The van der Waals surface area contributed by atoms with Gasteiger partial charge in [-0.05, 0) is 35.4 Å². The Morgan fingerprint density at radius 2 is 1.62 bits per heavy atom. The van der Waals surface area contributed by atoms with Crippen molar-refractivity contribution in [3.8, 4) is 11.5 Å². The largest absolute Gasteiger partial charge is 1.00 e. The number of nitrogens with one attached hydrogen (secondary N) is 2. The number of hydrogen-bond acceptors (Lipinski definition) is 11. The number of likely N-dealkylation sites (tertiary alicyclic amines) is 1. The molecule has 3 rings (SSSR count). The zero-order chi connectivity index (χ0) is 28.0. The topological polar surface area (TPSA) is 234 Å². The third-order valence-electron chi connectivity index (χ3n) is 5.86. The molecule has 0 aliphatic carbocycles. The maximum Gasteiger partial charge on any atom is 1.00 e. The molecule has 0 radical (unpaired) electrons. The summed E-state index contributed by atoms with van der Waals surface area (Å²) in [5, 5.41) is 46.7. The van der Waals surface area contributed by atoms with E-state index in [0.717, 1.165) is 4.90 Å². The number of nitrogens with two attached hydrogens (primary N) is 1. The van der Waals surface area contributed by atoms with Crippen LogP contribution < -0.4 is 90.4 Å². The fraction of sp³-hybridized carbons (Fsp3) is 0.292. The van der Waals surface area contributed by atoms with Crippen LogP contribution in [-0.2, 0) is 24.0 Å². The first kappa shape index (κ1) is 35.3. The number of phenols is 1. The fourth-order valence-electron chi connectivity index (χ4n) is 3.79. The number of nitrogens with zero attached hydrogens (tertiary/aromatic N) is 1. The van der Waals surface area contributed by atoms with Gasteiger partial charge in [-0.15, -0.1) is 0 Å². The predicted molar refractivity (Wildman–Crippen MR) is 122 cm³/mol. The number of β-lactam (4-membered cyclic amide) rings is 1. The minimum Gasteiger partial charge on any atom is -0.548 e. The second-order valence-corrected chi connectivity index (χ2v) is 8.44. The third kappa shape index (κ3) is 8.17. The second kappa shape index (κ2) is 15.3. The van der Waals surface area contributed by atoms with Crippen molar-refractivity contribution in [2.45, 2.75) is 30.3 Å². The number of aromatic hydroxyl groups is 1. The Morgan fingerprint density at radius 3 is 2.12 bits per heavy atom. The molecular weight excluding hydrogens is 550 g/mol. The summed E-state index contributed by atoms with van der Waals surface area (Å²) in [6.45, 7) is -0.476. The number of benzene rings is 2. The van der Waals surface area contributed by atoms with Crippen molar-refractivity contribution in [2.75, 3.05) is 13.2 Å². The van der Waals surface area contributed by atoms with Crippen molar-refractivity contribution in [1.82, 2.24) is 15.5 Å². The first-order valence-electron chi connectivity index (χ1n) is 11.2. The SMILES string of the molecule is NC(CCOc1ccc(C(O)C(=O)NC2(NC=O)CN(C(C(=O)[O-])c3ccc(O)cc3)C2=O)cc1)C(=O)[O-].[Na+].[Na+]. The molecule has 1 heterocycles. The molecule has 4 atom stereocenters. The maximum atomic E-state index is 13.0. The number of carbonyl (C=O) groups is 5. The Kier molecular flexibility index (Phi) is 13.6. The van der Waals surface area contributed by atoms with Crippen molar-refractivity contribution in [3.63, 3.8) is 0 Å². The average molecular weight is 574 g/mol. The summed E-state index contributed by atoms with van der Waals surface area (Å²) in [5.41, 5.74) is 3.54. The van der Waals surface area contributed by atoms with Gasteiger partial charge in [0, 0.05) is 12.5 Å². The van der Waals surface area contributed by atoms with E-state index in [-0.39, 0.29) is 95.4 Å². The molecule has 0 spiro atoms. The molecule has 0 bridgehead atoms. The minimum absolute atomic E-state index is 0. The van der Waals surface area contributed by atoms with Crippen molar-refractivity contribution >= 4 is 30.2 Å². The van der Waals surface area contributed by atoms with Crippen LogP contribution in [-0.4, -0.2) is 70.1 Å². The number of carboxylic acids is 2. The molecule has 6 N–H and O–H groups in total. The molecule has 0 saturated carbocycles. The Labute approximate surface area is 272 Å². The summed E-state index contributed by atoms with van der Waals surface area (Å²) >= 11 is 0. The molecule has 2 aromatic rings. The molecule has 1 fully saturated rings. The van der Waals surface area contributed by atoms with Gasteiger partial charge in [-0.1, -0.05) is 24.3 Å². The van der Waals surface area contributed by atoms with E-state index in [1.807, 2.05) is 0 Å². The van der Waals surface area contributed by atoms with Crippen molar-refractivity contribution in [1.29, 1.82) is 0 Å². The summed E-state index contributed by atoms with van der Waals surface area (Å²) < 4.78 is 5.35. The van der Waals surface area contributed by atoms with Crippen LogP contribution >= 0.6 is 0 Å². The summed E-state index contributed by atoms with van der Waals surface area (Å²) in [6.07, 6.45) is -1.64. The zero-order valence-electron chi connectivity index (χ0n) is 21.7. The van der Waals surface area contributed by atoms with Crippen molar-refractivity contribution in [3.05, 3.63) is 59.7 Å². The van der Waals surface area contributed by atoms with Crippen molar-refractivity contribution in [2.24, 2.45) is 5.73 Å². The normalized spacial score (nSPS) is 17.9. The predicted octanol–water partition coefficient (Wildman–Crippen LogP) is -9.83. The number of rotatable bonds is 13. The smallest absolute Gasteiger partial charge is 0.548 e. The van der Waals surface area contributed by atoms with Crippen LogP contribution in [0.5, 0.6) is 11.5 Å². The first-order chi connectivity index (χ1) is 18.0. The molecular formula is C24H24N4Na2O10. The van der Waals surface area contributed by atoms with Crippen LogP contribution in [0.4, 0.5) is 0 Å². The number of phenolic OH excluding ortho intramolecular Hbond substituents is 1. The monoisotopic (exact) mass is 574 g/mol. The van der Waals surface area contributed by atoms with E-state index in [9.17, 15) is 44.4 Å². The summed E-state index contributed by atoms with van der Waals surface area (Å²) in [7, 11) is 0. The number of hydrogen-bond donors (Lipinski definition) is 5. The molecule has 14 nitrogen and oxygen atoms in total. The zero-order valence-corrected chi connectivity index (χ0v) is 25.7. The quantitative estimate of drug-likeness (QED) is 0.0652. The summed E-state index contributed by atoms with van der Waals surface area (Å²) in [5.74, 6) is -4.89. The van der Waals surface area contributed by atoms with Crippen LogP contribution in [0.1, 0.15) is 29.7 Å². The standard InChI is InChI=1S/C24H26N4O10.2Na/c25-17(21(33)34)9-10-38-16-7-3-14(4-8-16)19(31)20(32)27-24(26-12-29)11-28(23(24)37)18(22(35)36)13-1-5-15(30)6-2-13;;/h1-8,12,17-19,30-31H,9-11,25H2,(H,26,29)(H,27,32)(H,33,34)(H,35,36);;/q;2*+1/p-2. The minimum atomic E-state index is -2.01. The molecule has 16 heteroatoms. The number of carbonyl (C=O) groups excluding carboxylic acids is 5. The maximum absolute atomic E-state index is 13.0. The van der Waals surface area contributed by atoms with Gasteiger partial charge < -0.3 is 56.0 Å². The van der Waals surface area contributed by atoms with Gasteiger partial charge in [0.2, 0.25) is 12.1 Å². The summed E-state index contributed by atoms with van der Waals surface area (Å²) in [6, 6.07) is 7.77. The van der Waals surface area contributed by atoms with E-state index in [4.69, 9.17) is 10.5 Å². The van der Waals surface area contributed by atoms with Gasteiger partial charge in [-0.3, -0.25) is 14.4 Å². The van der Waals surface area contributed by atoms with Crippen LogP contribution in [0.15, 0.2) is 48.5 Å². The van der Waals surface area contributed by atoms with E-state index in [1.54, 1.807) is 0 Å². The average Bonchev–Trinajstić information content (AvgIpc) is 2.88. The molecule has 0 aromatic heterocycles. The number of aliphatic carboxylic acids is 2. The Hall–Kier alpha value is -2.69. The van der Waals surface area contributed by atoms with Gasteiger partial charge in [0.15, 0.2) is 6.10 Å². The van der Waals surface area contributed by atoms with Gasteiger partial charge in [-0.25, -0.2) is 0 Å². The Bertz CT molecular complexity index is 1220. The second-order valence-electron chi connectivity index (χ2n) is 8.44. The first-order valence-corrected chi connectivity index (χ1v) is 11.2. The number of carboxylic acid groups (broad SMARTS) is 2. The van der Waals surface area contributed by atoms with Gasteiger partial charge in [0.1, 0.15) is 11.5 Å². The number of amides is 3. The molecule has 1 saturated heterocycles. The number of aliphatic hydroxyl groups excluding tert-OH is 1. The van der Waals surface area contributed by atoms with Gasteiger partial charge in [-0.2, -0.15) is 0 Å². The van der Waals surface area contributed by atoms with Gasteiger partial charge >= 0.3 is 59.1 Å². The van der Waals surface area contributed by atoms with Gasteiger partial charge in [0.25, 0.3) is 11.8 Å². The van der Waals surface area contributed by atoms with E-state index < -0.39 is 54.1 Å². The van der Waals surface area contributed by atoms with E-state index >= 15 is 0 Å². The number of aliphatic hydroxyl groups is 1. The van der Waals surface area contributed by atoms with Crippen LogP contribution in [0.2, 0.25) is 0 Å². The van der Waals surface area contributed by atoms with Crippen molar-refractivity contribution < 1.29 is 108 Å². The Morgan fingerprint density at radius 1 is 1.05 bits per heavy atom. The van der Waals surface area contributed by atoms with E-state index in [2.05, 4.69) is 10.6 Å². The molecule has 2 aromatic carbocycles. The molecule has 40 heavy (non-hydrogen) atoms. The Balaban J connectivity index is 0.00000400. The fourth-order valence-corrected chi connectivity index (χ4v) is 3.79. The van der Waals surface area contributed by atoms with E-state index in [0.29, 0.717) is 5.75 Å².